The van der Waals surface area contributed by atoms with Crippen molar-refractivity contribution in [2.24, 2.45) is 5.73 Å². The van der Waals surface area contributed by atoms with Gasteiger partial charge in [-0.2, -0.15) is 0 Å². The number of para-hydroxylation sites is 2. The minimum atomic E-state index is 0.0299. The molecule has 2 atom stereocenters. The second-order valence-corrected chi connectivity index (χ2v) is 6.55. The summed E-state index contributed by atoms with van der Waals surface area (Å²) in [5, 5.41) is 0. The van der Waals surface area contributed by atoms with E-state index in [0.717, 1.165) is 21.8 Å². The Morgan fingerprint density at radius 1 is 1.30 bits per heavy atom. The number of rotatable bonds is 4. The Morgan fingerprint density at radius 3 is 2.80 bits per heavy atom. The lowest BCUT2D eigenvalue weighted by molar-refractivity contribution is 0.474. The van der Waals surface area contributed by atoms with Crippen molar-refractivity contribution in [1.82, 2.24) is 9.55 Å². The zero-order valence-corrected chi connectivity index (χ0v) is 12.7. The molecule has 0 radical (unpaired) electrons. The maximum Gasteiger partial charge on any atom is 0.0964 e. The van der Waals surface area contributed by atoms with Gasteiger partial charge in [0, 0.05) is 10.9 Å². The van der Waals surface area contributed by atoms with Crippen LogP contribution in [-0.4, -0.2) is 15.6 Å². The van der Waals surface area contributed by atoms with Crippen LogP contribution in [0.5, 0.6) is 0 Å². The molecule has 0 aliphatic heterocycles. The van der Waals surface area contributed by atoms with Crippen LogP contribution in [0.15, 0.2) is 42.7 Å². The van der Waals surface area contributed by atoms with Crippen molar-refractivity contribution in [2.45, 2.75) is 25.4 Å². The van der Waals surface area contributed by atoms with Crippen LogP contribution in [-0.2, 0) is 0 Å². The summed E-state index contributed by atoms with van der Waals surface area (Å²) >= 11 is 7.67. The monoisotopic (exact) mass is 305 g/mol. The van der Waals surface area contributed by atoms with Gasteiger partial charge in [0.25, 0.3) is 0 Å². The van der Waals surface area contributed by atoms with Crippen LogP contribution < -0.4 is 5.73 Å². The van der Waals surface area contributed by atoms with E-state index < -0.39 is 0 Å². The molecule has 0 bridgehead atoms. The van der Waals surface area contributed by atoms with Gasteiger partial charge in [-0.3, -0.25) is 0 Å². The number of hydrogen-bond donors (Lipinski definition) is 1. The smallest absolute Gasteiger partial charge is 0.0964 e. The maximum absolute atomic E-state index is 6.36. The van der Waals surface area contributed by atoms with Gasteiger partial charge in [0.1, 0.15) is 0 Å². The van der Waals surface area contributed by atoms with Crippen LogP contribution >= 0.6 is 22.9 Å². The van der Waals surface area contributed by atoms with Crippen molar-refractivity contribution in [3.8, 4) is 0 Å². The Hall–Kier alpha value is -1.36. The van der Waals surface area contributed by atoms with E-state index in [9.17, 15) is 0 Å². The number of nitrogens with zero attached hydrogens (tertiary/aromatic N) is 2. The molecule has 0 saturated carbocycles. The minimum Gasteiger partial charge on any atom is -0.326 e. The standard InChI is InChI=1S/C15H16ClN3S/c1-2-10(17)15(13-7-8-14(16)20-13)19-9-18-11-5-3-4-6-12(11)19/h3-10,15H,2,17H2,1H3. The number of aromatic nitrogens is 2. The SMILES string of the molecule is CCC(N)C(c1ccc(Cl)s1)n1cnc2ccccc21. The lowest BCUT2D eigenvalue weighted by atomic mass is 10.0. The van der Waals surface area contributed by atoms with Gasteiger partial charge in [0.05, 0.1) is 27.7 Å². The fourth-order valence-electron chi connectivity index (χ4n) is 2.46. The molecule has 2 aromatic heterocycles. The average Bonchev–Trinajstić information content (AvgIpc) is 3.07. The molecular weight excluding hydrogens is 290 g/mol. The van der Waals surface area contributed by atoms with Crippen LogP contribution in [0, 0.1) is 0 Å². The van der Waals surface area contributed by atoms with E-state index >= 15 is 0 Å². The third kappa shape index (κ3) is 2.35. The van der Waals surface area contributed by atoms with Crippen molar-refractivity contribution in [1.29, 1.82) is 0 Å². The Labute approximate surface area is 127 Å². The van der Waals surface area contributed by atoms with E-state index in [1.165, 1.54) is 4.88 Å². The number of hydrogen-bond acceptors (Lipinski definition) is 3. The fraction of sp³-hybridized carbons (Fsp3) is 0.267. The van der Waals surface area contributed by atoms with E-state index in [2.05, 4.69) is 28.6 Å². The summed E-state index contributed by atoms with van der Waals surface area (Å²) in [5.41, 5.74) is 8.45. The average molecular weight is 306 g/mol. The summed E-state index contributed by atoms with van der Waals surface area (Å²) in [5.74, 6) is 0. The van der Waals surface area contributed by atoms with Crippen LogP contribution in [0.4, 0.5) is 0 Å². The molecule has 2 N–H and O–H groups in total. The number of nitrogens with two attached hydrogens (primary N) is 1. The fourth-order valence-corrected chi connectivity index (χ4v) is 3.70. The van der Waals surface area contributed by atoms with E-state index in [-0.39, 0.29) is 12.1 Å². The predicted molar refractivity (Wildman–Crippen MR) is 85.5 cm³/mol. The van der Waals surface area contributed by atoms with E-state index in [0.29, 0.717) is 0 Å². The third-order valence-corrected chi connectivity index (χ3v) is 4.85. The van der Waals surface area contributed by atoms with Gasteiger partial charge in [-0.25, -0.2) is 4.98 Å². The number of imidazole rings is 1. The first-order chi connectivity index (χ1) is 9.70. The Bertz CT molecular complexity index is 719. The normalized spacial score (nSPS) is 14.6. The van der Waals surface area contributed by atoms with Crippen LogP contribution in [0.25, 0.3) is 11.0 Å². The number of thiophene rings is 1. The lowest BCUT2D eigenvalue weighted by Crippen LogP contribution is -2.31. The van der Waals surface area contributed by atoms with Gasteiger partial charge in [-0.1, -0.05) is 30.7 Å². The maximum atomic E-state index is 6.36. The van der Waals surface area contributed by atoms with Crippen molar-refractivity contribution in [3.05, 3.63) is 51.9 Å². The molecule has 3 rings (SSSR count). The predicted octanol–water partition coefficient (Wildman–Crippen LogP) is 4.08. The summed E-state index contributed by atoms with van der Waals surface area (Å²) in [7, 11) is 0. The molecule has 0 aliphatic rings. The number of halogens is 1. The summed E-state index contributed by atoms with van der Waals surface area (Å²) in [6, 6.07) is 12.2. The van der Waals surface area contributed by atoms with Crippen molar-refractivity contribution < 1.29 is 0 Å². The number of fused-ring (bicyclic) bond motifs is 1. The highest BCUT2D eigenvalue weighted by atomic mass is 35.5. The largest absolute Gasteiger partial charge is 0.326 e. The third-order valence-electron chi connectivity index (χ3n) is 3.54. The molecule has 0 saturated heterocycles. The second-order valence-electron chi connectivity index (χ2n) is 4.80. The van der Waals surface area contributed by atoms with E-state index in [1.54, 1.807) is 11.3 Å². The zero-order chi connectivity index (χ0) is 14.1. The number of benzene rings is 1. The van der Waals surface area contributed by atoms with E-state index in [1.807, 2.05) is 30.6 Å². The molecule has 2 heterocycles. The van der Waals surface area contributed by atoms with Gasteiger partial charge in [0.2, 0.25) is 0 Å². The van der Waals surface area contributed by atoms with Gasteiger partial charge >= 0.3 is 0 Å². The zero-order valence-electron chi connectivity index (χ0n) is 11.2. The molecule has 1 aromatic carbocycles. The van der Waals surface area contributed by atoms with Gasteiger partial charge < -0.3 is 10.3 Å². The van der Waals surface area contributed by atoms with Gasteiger partial charge in [-0.15, -0.1) is 11.3 Å². The minimum absolute atomic E-state index is 0.0299. The first kappa shape index (κ1) is 13.6. The highest BCUT2D eigenvalue weighted by Crippen LogP contribution is 2.33. The molecule has 5 heteroatoms. The Balaban J connectivity index is 2.14. The molecule has 20 heavy (non-hydrogen) atoms. The summed E-state index contributed by atoms with van der Waals surface area (Å²) < 4.78 is 2.95. The van der Waals surface area contributed by atoms with Crippen LogP contribution in [0.1, 0.15) is 24.3 Å². The molecule has 3 aromatic rings. The second kappa shape index (κ2) is 5.56. The first-order valence-corrected chi connectivity index (χ1v) is 7.82. The van der Waals surface area contributed by atoms with Crippen molar-refractivity contribution in [3.63, 3.8) is 0 Å². The van der Waals surface area contributed by atoms with Crippen molar-refractivity contribution in [2.75, 3.05) is 0 Å². The Morgan fingerprint density at radius 2 is 2.10 bits per heavy atom. The molecular formula is C15H16ClN3S. The topological polar surface area (TPSA) is 43.8 Å². The van der Waals surface area contributed by atoms with Crippen LogP contribution in [0.3, 0.4) is 0 Å². The van der Waals surface area contributed by atoms with Crippen LogP contribution in [0.2, 0.25) is 4.34 Å². The summed E-state index contributed by atoms with van der Waals surface area (Å²) in [6.07, 6.45) is 2.77. The highest BCUT2D eigenvalue weighted by molar-refractivity contribution is 7.16. The lowest BCUT2D eigenvalue weighted by Gasteiger charge is -2.24. The Kier molecular flexibility index (Phi) is 3.78. The molecule has 0 aliphatic carbocycles. The molecule has 0 fully saturated rings. The molecule has 0 spiro atoms. The highest BCUT2D eigenvalue weighted by Gasteiger charge is 2.23. The first-order valence-electron chi connectivity index (χ1n) is 6.63. The summed E-state index contributed by atoms with van der Waals surface area (Å²) in [4.78, 5) is 5.64. The quantitative estimate of drug-likeness (QED) is 0.789. The van der Waals surface area contributed by atoms with Gasteiger partial charge in [-0.05, 0) is 30.7 Å². The van der Waals surface area contributed by atoms with Gasteiger partial charge in [0.15, 0.2) is 0 Å². The molecule has 0 amide bonds. The van der Waals surface area contributed by atoms with E-state index in [4.69, 9.17) is 17.3 Å². The summed E-state index contributed by atoms with van der Waals surface area (Å²) in [6.45, 7) is 2.10. The molecule has 2 unspecified atom stereocenters. The molecule has 104 valence electrons. The van der Waals surface area contributed by atoms with Crippen molar-refractivity contribution >= 4 is 34.0 Å². The molecule has 3 nitrogen and oxygen atoms in total.